The Morgan fingerprint density at radius 1 is 1.09 bits per heavy atom. The second-order valence-corrected chi connectivity index (χ2v) is 8.72. The number of thiazole rings is 1. The lowest BCUT2D eigenvalue weighted by molar-refractivity contribution is -0.384. The molecule has 1 aliphatic rings. The van der Waals surface area contributed by atoms with Crippen LogP contribution in [0.4, 0.5) is 5.69 Å². The summed E-state index contributed by atoms with van der Waals surface area (Å²) < 4.78 is 7.87. The van der Waals surface area contributed by atoms with E-state index in [0.717, 1.165) is 34.3 Å². The zero-order valence-corrected chi connectivity index (χ0v) is 18.2. The predicted octanol–water partition coefficient (Wildman–Crippen LogP) is 5.99. The van der Waals surface area contributed by atoms with Gasteiger partial charge < -0.3 is 4.42 Å². The van der Waals surface area contributed by atoms with E-state index in [2.05, 4.69) is 5.10 Å². The molecule has 0 bridgehead atoms. The molecule has 1 fully saturated rings. The maximum absolute atomic E-state index is 11.1. The minimum atomic E-state index is -0.404. The highest BCUT2D eigenvalue weighted by atomic mass is 32.1. The van der Waals surface area contributed by atoms with Crippen LogP contribution in [0.2, 0.25) is 0 Å². The fourth-order valence-electron chi connectivity index (χ4n) is 3.99. The fourth-order valence-corrected chi connectivity index (χ4v) is 4.88. The van der Waals surface area contributed by atoms with Gasteiger partial charge in [-0.05, 0) is 25.0 Å². The van der Waals surface area contributed by atoms with Gasteiger partial charge in [0.05, 0.1) is 17.2 Å². The zero-order chi connectivity index (χ0) is 21.9. The molecule has 0 aliphatic heterocycles. The van der Waals surface area contributed by atoms with Crippen molar-refractivity contribution in [2.24, 2.45) is 10.1 Å². The van der Waals surface area contributed by atoms with Crippen molar-refractivity contribution in [3.8, 4) is 11.5 Å². The van der Waals surface area contributed by atoms with E-state index in [4.69, 9.17) is 9.41 Å². The van der Waals surface area contributed by atoms with Crippen LogP contribution in [0.5, 0.6) is 0 Å². The van der Waals surface area contributed by atoms with E-state index >= 15 is 0 Å². The Hall–Kier alpha value is -3.52. The molecule has 4 aromatic rings. The van der Waals surface area contributed by atoms with E-state index < -0.39 is 4.92 Å². The molecular weight excluding hydrogens is 424 g/mol. The summed E-state index contributed by atoms with van der Waals surface area (Å²) in [7, 11) is 0. The third kappa shape index (κ3) is 4.27. The average molecular weight is 447 g/mol. The van der Waals surface area contributed by atoms with Gasteiger partial charge in [-0.1, -0.05) is 49.6 Å². The first-order chi connectivity index (χ1) is 15.7. The Balaban J connectivity index is 1.59. The van der Waals surface area contributed by atoms with Crippen LogP contribution in [0.15, 0.2) is 74.5 Å². The molecule has 5 rings (SSSR count). The van der Waals surface area contributed by atoms with E-state index in [0.29, 0.717) is 17.4 Å². The van der Waals surface area contributed by atoms with Crippen molar-refractivity contribution in [2.75, 3.05) is 0 Å². The third-order valence-electron chi connectivity index (χ3n) is 5.63. The Morgan fingerprint density at radius 2 is 1.94 bits per heavy atom. The SMILES string of the molecule is O=[N+]([O-])c1cccc(C=Nn2c(-c3cc4ccccc4o3)csc2=NC2CCCCC2)c1. The number of furan rings is 1. The van der Waals surface area contributed by atoms with E-state index in [9.17, 15) is 10.1 Å². The molecule has 0 saturated heterocycles. The summed E-state index contributed by atoms with van der Waals surface area (Å²) in [5.41, 5.74) is 2.31. The Bertz CT molecular complexity index is 1330. The number of non-ortho nitro benzene ring substituents is 1. The summed E-state index contributed by atoms with van der Waals surface area (Å²) in [6.07, 6.45) is 7.48. The highest BCUT2D eigenvalue weighted by Gasteiger charge is 2.16. The Morgan fingerprint density at radius 3 is 2.75 bits per heavy atom. The van der Waals surface area contributed by atoms with Crippen molar-refractivity contribution in [3.63, 3.8) is 0 Å². The molecule has 0 unspecified atom stereocenters. The zero-order valence-electron chi connectivity index (χ0n) is 17.4. The van der Waals surface area contributed by atoms with Crippen LogP contribution in [0, 0.1) is 10.1 Å². The number of para-hydroxylation sites is 1. The van der Waals surface area contributed by atoms with Crippen LogP contribution < -0.4 is 4.80 Å². The first-order valence-electron chi connectivity index (χ1n) is 10.7. The number of rotatable bonds is 5. The van der Waals surface area contributed by atoms with Crippen molar-refractivity contribution in [1.29, 1.82) is 0 Å². The van der Waals surface area contributed by atoms with Gasteiger partial charge in [-0.15, -0.1) is 11.3 Å². The van der Waals surface area contributed by atoms with E-state index in [-0.39, 0.29) is 5.69 Å². The molecule has 162 valence electrons. The number of nitrogens with zero attached hydrogens (tertiary/aromatic N) is 4. The molecule has 2 aromatic heterocycles. The van der Waals surface area contributed by atoms with Crippen LogP contribution in [-0.2, 0) is 0 Å². The van der Waals surface area contributed by atoms with Crippen molar-refractivity contribution in [3.05, 3.63) is 80.5 Å². The van der Waals surface area contributed by atoms with Gasteiger partial charge in [-0.25, -0.2) is 4.68 Å². The quantitative estimate of drug-likeness (QED) is 0.214. The lowest BCUT2D eigenvalue weighted by Gasteiger charge is -2.16. The van der Waals surface area contributed by atoms with Crippen LogP contribution in [0.25, 0.3) is 22.4 Å². The molecule has 8 heteroatoms. The van der Waals surface area contributed by atoms with Crippen LogP contribution >= 0.6 is 11.3 Å². The highest BCUT2D eigenvalue weighted by Crippen LogP contribution is 2.28. The summed E-state index contributed by atoms with van der Waals surface area (Å²) in [6.45, 7) is 0. The largest absolute Gasteiger partial charge is 0.454 e. The molecule has 0 N–H and O–H groups in total. The standard InChI is InChI=1S/C24H22N4O3S/c29-28(30)20-11-6-7-17(13-20)15-25-27-21(23-14-18-8-4-5-12-22(18)31-23)16-32-24(27)26-19-9-2-1-3-10-19/h4-8,11-16,19H,1-3,9-10H2. The summed E-state index contributed by atoms with van der Waals surface area (Å²) >= 11 is 1.53. The van der Waals surface area contributed by atoms with Crippen molar-refractivity contribution >= 4 is 34.2 Å². The minimum absolute atomic E-state index is 0.0360. The van der Waals surface area contributed by atoms with E-state index in [1.807, 2.05) is 35.7 Å². The Kier molecular flexibility index (Phi) is 5.68. The van der Waals surface area contributed by atoms with Crippen molar-refractivity contribution in [1.82, 2.24) is 4.68 Å². The van der Waals surface area contributed by atoms with Crippen LogP contribution in [0.3, 0.4) is 0 Å². The minimum Gasteiger partial charge on any atom is -0.454 e. The monoisotopic (exact) mass is 446 g/mol. The molecule has 2 aromatic carbocycles. The number of hydrogen-bond donors (Lipinski definition) is 0. The number of aromatic nitrogens is 1. The first-order valence-corrected chi connectivity index (χ1v) is 11.6. The number of hydrogen-bond acceptors (Lipinski definition) is 6. The van der Waals surface area contributed by atoms with Gasteiger partial charge in [0.2, 0.25) is 4.80 Å². The number of nitro benzene ring substituents is 1. The van der Waals surface area contributed by atoms with E-state index in [1.165, 1.54) is 42.7 Å². The van der Waals surface area contributed by atoms with Crippen molar-refractivity contribution in [2.45, 2.75) is 38.1 Å². The fraction of sp³-hybridized carbons (Fsp3) is 0.250. The normalized spacial score (nSPS) is 15.7. The maximum atomic E-state index is 11.1. The number of benzene rings is 2. The van der Waals surface area contributed by atoms with Crippen LogP contribution in [0.1, 0.15) is 37.7 Å². The molecule has 0 spiro atoms. The lowest BCUT2D eigenvalue weighted by Crippen LogP contribution is -2.18. The first kappa shape index (κ1) is 20.4. The molecule has 2 heterocycles. The third-order valence-corrected chi connectivity index (χ3v) is 6.46. The van der Waals surface area contributed by atoms with Gasteiger partial charge in [-0.2, -0.15) is 5.10 Å². The van der Waals surface area contributed by atoms with Gasteiger partial charge in [-0.3, -0.25) is 15.1 Å². The molecule has 0 radical (unpaired) electrons. The molecule has 0 atom stereocenters. The number of nitro groups is 1. The van der Waals surface area contributed by atoms with Gasteiger partial charge in [0, 0.05) is 28.5 Å². The van der Waals surface area contributed by atoms with Crippen LogP contribution in [-0.4, -0.2) is 21.9 Å². The molecule has 7 nitrogen and oxygen atoms in total. The number of fused-ring (bicyclic) bond motifs is 1. The average Bonchev–Trinajstić information content (AvgIpc) is 3.42. The summed E-state index contributed by atoms with van der Waals surface area (Å²) in [5, 5.41) is 18.8. The lowest BCUT2D eigenvalue weighted by atomic mass is 9.96. The smallest absolute Gasteiger partial charge is 0.270 e. The van der Waals surface area contributed by atoms with Gasteiger partial charge in [0.15, 0.2) is 5.76 Å². The summed E-state index contributed by atoms with van der Waals surface area (Å²) in [6, 6.07) is 16.6. The van der Waals surface area contributed by atoms with Gasteiger partial charge >= 0.3 is 0 Å². The van der Waals surface area contributed by atoms with Gasteiger partial charge in [0.1, 0.15) is 11.3 Å². The Labute approximate surface area is 188 Å². The second kappa shape index (κ2) is 8.92. The molecule has 1 aliphatic carbocycles. The molecular formula is C24H22N4O3S. The maximum Gasteiger partial charge on any atom is 0.270 e. The predicted molar refractivity (Wildman–Crippen MR) is 126 cm³/mol. The summed E-state index contributed by atoms with van der Waals surface area (Å²) in [5.74, 6) is 0.712. The van der Waals surface area contributed by atoms with E-state index in [1.54, 1.807) is 23.0 Å². The second-order valence-electron chi connectivity index (χ2n) is 7.88. The topological polar surface area (TPSA) is 85.9 Å². The highest BCUT2D eigenvalue weighted by molar-refractivity contribution is 7.07. The van der Waals surface area contributed by atoms with Crippen molar-refractivity contribution < 1.29 is 9.34 Å². The molecule has 1 saturated carbocycles. The molecule has 0 amide bonds. The summed E-state index contributed by atoms with van der Waals surface area (Å²) in [4.78, 5) is 16.5. The molecule has 32 heavy (non-hydrogen) atoms. The van der Waals surface area contributed by atoms with Gasteiger partial charge in [0.25, 0.3) is 5.69 Å².